The number of ether oxygens (including phenoxy) is 3. The number of benzene rings is 1. The molecule has 1 fully saturated rings. The van der Waals surface area contributed by atoms with Crippen molar-refractivity contribution in [3.8, 4) is 11.5 Å². The van der Waals surface area contributed by atoms with Crippen LogP contribution in [-0.2, 0) is 14.3 Å². The van der Waals surface area contributed by atoms with E-state index in [0.717, 1.165) is 11.3 Å². The van der Waals surface area contributed by atoms with Crippen molar-refractivity contribution < 1.29 is 28.6 Å². The van der Waals surface area contributed by atoms with Crippen molar-refractivity contribution in [2.45, 2.75) is 13.3 Å². The Morgan fingerprint density at radius 1 is 1.31 bits per heavy atom. The number of hydrogen-bond acceptors (Lipinski definition) is 8. The number of hydrogen-bond donors (Lipinski definition) is 1. The number of carbonyl (C=O) groups excluding carboxylic acids is 3. The number of aromatic nitrogens is 1. The van der Waals surface area contributed by atoms with Gasteiger partial charge in [0.1, 0.15) is 11.5 Å². The molecule has 0 spiro atoms. The van der Waals surface area contributed by atoms with Gasteiger partial charge >= 0.3 is 5.97 Å². The fraction of sp³-hybridized carbons (Fsp3) is 0.368. The van der Waals surface area contributed by atoms with Crippen LogP contribution >= 0.6 is 11.3 Å². The zero-order valence-electron chi connectivity index (χ0n) is 16.3. The molecule has 0 saturated carbocycles. The summed E-state index contributed by atoms with van der Waals surface area (Å²) in [6, 6.07) is 5.14. The lowest BCUT2D eigenvalue weighted by molar-refractivity contribution is -0.122. The molecule has 3 rings (SSSR count). The molecule has 10 heteroatoms. The van der Waals surface area contributed by atoms with Gasteiger partial charge in [0.2, 0.25) is 11.8 Å². The molecule has 2 amide bonds. The number of nitrogens with one attached hydrogen (secondary N) is 1. The van der Waals surface area contributed by atoms with Crippen LogP contribution in [0.2, 0.25) is 0 Å². The number of carbonyl (C=O) groups is 3. The van der Waals surface area contributed by atoms with E-state index in [9.17, 15) is 14.4 Å². The summed E-state index contributed by atoms with van der Waals surface area (Å²) in [7, 11) is 3.05. The lowest BCUT2D eigenvalue weighted by atomic mass is 10.1. The average molecular weight is 419 g/mol. The fourth-order valence-electron chi connectivity index (χ4n) is 2.96. The second kappa shape index (κ2) is 8.91. The van der Waals surface area contributed by atoms with Crippen molar-refractivity contribution in [1.29, 1.82) is 0 Å². The second-order valence-corrected chi connectivity index (χ2v) is 7.05. The Kier molecular flexibility index (Phi) is 6.32. The van der Waals surface area contributed by atoms with Crippen LogP contribution in [0.3, 0.4) is 0 Å². The third kappa shape index (κ3) is 4.48. The van der Waals surface area contributed by atoms with Gasteiger partial charge in [-0.1, -0.05) is 0 Å². The van der Waals surface area contributed by atoms with Gasteiger partial charge in [-0.25, -0.2) is 9.78 Å². The number of methoxy groups -OCH3 is 2. The minimum Gasteiger partial charge on any atom is -0.497 e. The first-order chi connectivity index (χ1) is 14.0. The van der Waals surface area contributed by atoms with Crippen LogP contribution in [0.25, 0.3) is 0 Å². The van der Waals surface area contributed by atoms with E-state index in [4.69, 9.17) is 14.2 Å². The van der Waals surface area contributed by atoms with Gasteiger partial charge in [0.25, 0.3) is 0 Å². The highest BCUT2D eigenvalue weighted by molar-refractivity contribution is 7.14. The van der Waals surface area contributed by atoms with E-state index < -0.39 is 11.9 Å². The van der Waals surface area contributed by atoms with Crippen LogP contribution in [0, 0.1) is 5.92 Å². The Balaban J connectivity index is 1.70. The van der Waals surface area contributed by atoms with E-state index in [1.807, 2.05) is 0 Å². The molecule has 0 aliphatic carbocycles. The number of esters is 1. The molecule has 154 valence electrons. The van der Waals surface area contributed by atoms with Crippen LogP contribution in [0.15, 0.2) is 23.6 Å². The Labute approximate surface area is 171 Å². The molecular formula is C19H21N3O6S. The summed E-state index contributed by atoms with van der Waals surface area (Å²) in [4.78, 5) is 42.4. The summed E-state index contributed by atoms with van der Waals surface area (Å²) in [5, 5.41) is 4.47. The summed E-state index contributed by atoms with van der Waals surface area (Å²) in [5.74, 6) is -0.546. The lowest BCUT2D eigenvalue weighted by Crippen LogP contribution is -2.28. The van der Waals surface area contributed by atoms with Gasteiger partial charge < -0.3 is 24.4 Å². The molecule has 1 atom stereocenters. The first kappa shape index (κ1) is 20.6. The van der Waals surface area contributed by atoms with Crippen LogP contribution in [0.5, 0.6) is 11.5 Å². The Morgan fingerprint density at radius 2 is 2.10 bits per heavy atom. The van der Waals surface area contributed by atoms with Crippen molar-refractivity contribution in [1.82, 2.24) is 4.98 Å². The standard InChI is InChI=1S/C19H21N3O6S/c1-4-28-18(25)13-10-29-19(20-13)21-17(24)11-7-16(23)22(9-11)14-8-12(26-2)5-6-15(14)27-3/h5-6,8,10-11H,4,7,9H2,1-3H3,(H,20,21,24). The molecule has 1 N–H and O–H groups in total. The van der Waals surface area contributed by atoms with Crippen molar-refractivity contribution in [3.63, 3.8) is 0 Å². The van der Waals surface area contributed by atoms with E-state index in [1.165, 1.54) is 24.5 Å². The fourth-order valence-corrected chi connectivity index (χ4v) is 3.64. The van der Waals surface area contributed by atoms with Crippen molar-refractivity contribution in [2.24, 2.45) is 5.92 Å². The Bertz CT molecular complexity index is 928. The SMILES string of the molecule is CCOC(=O)c1csc(NC(=O)C2CC(=O)N(c3cc(OC)ccc3OC)C2)n1. The molecule has 0 bridgehead atoms. The minimum absolute atomic E-state index is 0.0578. The molecule has 0 radical (unpaired) electrons. The van der Waals surface area contributed by atoms with Crippen LogP contribution in [0.4, 0.5) is 10.8 Å². The highest BCUT2D eigenvalue weighted by Crippen LogP contribution is 2.36. The topological polar surface area (TPSA) is 107 Å². The van der Waals surface area contributed by atoms with E-state index >= 15 is 0 Å². The molecule has 9 nitrogen and oxygen atoms in total. The highest BCUT2D eigenvalue weighted by atomic mass is 32.1. The van der Waals surface area contributed by atoms with E-state index in [2.05, 4.69) is 10.3 Å². The van der Waals surface area contributed by atoms with Crippen molar-refractivity contribution in [3.05, 3.63) is 29.3 Å². The third-order valence-corrected chi connectivity index (χ3v) is 5.15. The van der Waals surface area contributed by atoms with Gasteiger partial charge in [-0.05, 0) is 19.1 Å². The number of amides is 2. The highest BCUT2D eigenvalue weighted by Gasteiger charge is 2.36. The first-order valence-electron chi connectivity index (χ1n) is 8.92. The molecule has 1 aromatic heterocycles. The number of thiazole rings is 1. The second-order valence-electron chi connectivity index (χ2n) is 6.19. The van der Waals surface area contributed by atoms with Gasteiger partial charge in [-0.15, -0.1) is 11.3 Å². The van der Waals surface area contributed by atoms with E-state index in [0.29, 0.717) is 17.2 Å². The van der Waals surface area contributed by atoms with E-state index in [-0.39, 0.29) is 42.2 Å². The maximum atomic E-state index is 12.6. The molecule has 1 aromatic carbocycles. The molecule has 1 aliphatic rings. The zero-order chi connectivity index (χ0) is 21.0. The summed E-state index contributed by atoms with van der Waals surface area (Å²) in [6.07, 6.45) is 0.0578. The lowest BCUT2D eigenvalue weighted by Gasteiger charge is -2.20. The minimum atomic E-state index is -0.562. The first-order valence-corrected chi connectivity index (χ1v) is 9.80. The van der Waals surface area contributed by atoms with Gasteiger partial charge in [-0.3, -0.25) is 9.59 Å². The quantitative estimate of drug-likeness (QED) is 0.687. The zero-order valence-corrected chi connectivity index (χ0v) is 17.1. The largest absolute Gasteiger partial charge is 0.497 e. The number of rotatable bonds is 7. The van der Waals surface area contributed by atoms with E-state index in [1.54, 1.807) is 25.1 Å². The van der Waals surface area contributed by atoms with Gasteiger partial charge in [0.15, 0.2) is 10.8 Å². The summed E-state index contributed by atoms with van der Waals surface area (Å²) in [6.45, 7) is 2.14. The van der Waals surface area contributed by atoms with Crippen molar-refractivity contribution in [2.75, 3.05) is 37.6 Å². The normalized spacial score (nSPS) is 15.9. The maximum Gasteiger partial charge on any atom is 0.357 e. The third-order valence-electron chi connectivity index (χ3n) is 4.39. The molecule has 1 aliphatic heterocycles. The van der Waals surface area contributed by atoms with Gasteiger partial charge in [0.05, 0.1) is 32.4 Å². The Morgan fingerprint density at radius 3 is 2.79 bits per heavy atom. The maximum absolute atomic E-state index is 12.6. The summed E-state index contributed by atoms with van der Waals surface area (Å²) >= 11 is 1.12. The molecule has 29 heavy (non-hydrogen) atoms. The summed E-state index contributed by atoms with van der Waals surface area (Å²) in [5.41, 5.74) is 0.684. The molecular weight excluding hydrogens is 398 g/mol. The molecule has 1 unspecified atom stereocenters. The monoisotopic (exact) mass is 419 g/mol. The Hall–Kier alpha value is -3.14. The smallest absolute Gasteiger partial charge is 0.357 e. The van der Waals surface area contributed by atoms with Crippen LogP contribution in [0.1, 0.15) is 23.8 Å². The van der Waals surface area contributed by atoms with Crippen LogP contribution in [-0.4, -0.2) is 50.1 Å². The van der Waals surface area contributed by atoms with Crippen molar-refractivity contribution >= 4 is 39.9 Å². The predicted molar refractivity (Wildman–Crippen MR) is 107 cm³/mol. The number of nitrogens with zero attached hydrogens (tertiary/aromatic N) is 2. The predicted octanol–water partition coefficient (Wildman–Crippen LogP) is 2.33. The number of anilines is 2. The van der Waals surface area contributed by atoms with Gasteiger partial charge in [-0.2, -0.15) is 0 Å². The molecule has 2 aromatic rings. The molecule has 1 saturated heterocycles. The molecule has 2 heterocycles. The summed E-state index contributed by atoms with van der Waals surface area (Å²) < 4.78 is 15.4. The van der Waals surface area contributed by atoms with Crippen LogP contribution < -0.4 is 19.7 Å². The van der Waals surface area contributed by atoms with Gasteiger partial charge in [0, 0.05) is 24.4 Å². The average Bonchev–Trinajstić information content (AvgIpc) is 3.34.